The van der Waals surface area contributed by atoms with Crippen molar-refractivity contribution in [3.63, 3.8) is 0 Å². The Bertz CT molecular complexity index is 72.4. The van der Waals surface area contributed by atoms with Crippen molar-refractivity contribution in [2.24, 2.45) is 0 Å². The van der Waals surface area contributed by atoms with Gasteiger partial charge in [-0.1, -0.05) is 0 Å². The van der Waals surface area contributed by atoms with E-state index in [1.54, 1.807) is 0 Å². The van der Waals surface area contributed by atoms with Gasteiger partial charge < -0.3 is 9.31 Å². The molecule has 0 spiro atoms. The fraction of sp³-hybridized carbons (Fsp3) is 1.00. The SMILES string of the molecule is CC1CCOB(Cl)O1. The van der Waals surface area contributed by atoms with Crippen molar-refractivity contribution in [2.75, 3.05) is 6.61 Å². The van der Waals surface area contributed by atoms with Gasteiger partial charge in [0.05, 0.1) is 0 Å². The first-order valence-electron chi connectivity index (χ1n) is 2.70. The second kappa shape index (κ2) is 2.71. The van der Waals surface area contributed by atoms with Crippen LogP contribution in [0.2, 0.25) is 0 Å². The predicted molar refractivity (Wildman–Crippen MR) is 32.7 cm³/mol. The van der Waals surface area contributed by atoms with Crippen LogP contribution in [0.3, 0.4) is 0 Å². The van der Waals surface area contributed by atoms with E-state index in [2.05, 4.69) is 0 Å². The first kappa shape index (κ1) is 6.40. The molecule has 0 bridgehead atoms. The van der Waals surface area contributed by atoms with Crippen molar-refractivity contribution in [2.45, 2.75) is 19.4 Å². The Balaban J connectivity index is 2.23. The molecule has 1 saturated heterocycles. The summed E-state index contributed by atoms with van der Waals surface area (Å²) >= 11 is 5.47. The van der Waals surface area contributed by atoms with Gasteiger partial charge in [-0.25, -0.2) is 0 Å². The Morgan fingerprint density at radius 1 is 1.75 bits per heavy atom. The maximum Gasteiger partial charge on any atom is 0.571 e. The molecule has 0 aromatic heterocycles. The van der Waals surface area contributed by atoms with Gasteiger partial charge in [0.25, 0.3) is 0 Å². The molecule has 0 aliphatic carbocycles. The summed E-state index contributed by atoms with van der Waals surface area (Å²) in [4.78, 5) is 0. The average molecular weight is 134 g/mol. The maximum atomic E-state index is 5.47. The molecule has 8 heavy (non-hydrogen) atoms. The highest BCUT2D eigenvalue weighted by atomic mass is 35.5. The Morgan fingerprint density at radius 2 is 2.50 bits per heavy atom. The largest absolute Gasteiger partial charge is 0.571 e. The molecule has 1 aliphatic rings. The molecule has 1 fully saturated rings. The second-order valence-electron chi connectivity index (χ2n) is 1.88. The molecule has 1 atom stereocenters. The third kappa shape index (κ3) is 1.65. The van der Waals surface area contributed by atoms with Crippen LogP contribution in [0.4, 0.5) is 0 Å². The minimum atomic E-state index is -0.515. The van der Waals surface area contributed by atoms with E-state index in [1.165, 1.54) is 0 Å². The molecule has 1 heterocycles. The summed E-state index contributed by atoms with van der Waals surface area (Å²) < 4.78 is 9.92. The van der Waals surface area contributed by atoms with Gasteiger partial charge in [-0.3, -0.25) is 0 Å². The van der Waals surface area contributed by atoms with Crippen LogP contribution in [0.5, 0.6) is 0 Å². The zero-order chi connectivity index (χ0) is 5.98. The fourth-order valence-corrected chi connectivity index (χ4v) is 0.881. The highest BCUT2D eigenvalue weighted by Crippen LogP contribution is 2.10. The highest BCUT2D eigenvalue weighted by Gasteiger charge is 2.22. The van der Waals surface area contributed by atoms with Gasteiger partial charge in [0, 0.05) is 12.7 Å². The molecular weight excluding hydrogens is 126 g/mol. The Labute approximate surface area is 54.2 Å². The van der Waals surface area contributed by atoms with Crippen LogP contribution in [0.25, 0.3) is 0 Å². The van der Waals surface area contributed by atoms with E-state index in [1.807, 2.05) is 6.92 Å². The summed E-state index contributed by atoms with van der Waals surface area (Å²) in [6, 6.07) is 0. The van der Waals surface area contributed by atoms with Gasteiger partial charge in [0.2, 0.25) is 0 Å². The van der Waals surface area contributed by atoms with Crippen LogP contribution < -0.4 is 0 Å². The molecule has 2 nitrogen and oxygen atoms in total. The predicted octanol–water partition coefficient (Wildman–Crippen LogP) is 1.04. The van der Waals surface area contributed by atoms with Crippen LogP contribution in [0.15, 0.2) is 0 Å². The molecule has 46 valence electrons. The Kier molecular flexibility index (Phi) is 2.17. The summed E-state index contributed by atoms with van der Waals surface area (Å²) in [5.74, 6) is 0. The summed E-state index contributed by atoms with van der Waals surface area (Å²) in [6.07, 6.45) is 1.20. The van der Waals surface area contributed by atoms with Gasteiger partial charge in [-0.15, -0.1) is 11.5 Å². The molecule has 1 unspecified atom stereocenters. The highest BCUT2D eigenvalue weighted by molar-refractivity contribution is 6.99. The maximum absolute atomic E-state index is 5.47. The molecule has 1 rings (SSSR count). The zero-order valence-electron chi connectivity index (χ0n) is 4.76. The number of halogens is 1. The van der Waals surface area contributed by atoms with Crippen LogP contribution in [0.1, 0.15) is 13.3 Å². The minimum Gasteiger partial charge on any atom is -0.398 e. The first-order valence-corrected chi connectivity index (χ1v) is 3.14. The third-order valence-corrected chi connectivity index (χ3v) is 1.34. The fourth-order valence-electron chi connectivity index (χ4n) is 0.617. The average Bonchev–Trinajstić information content (AvgIpc) is 1.64. The topological polar surface area (TPSA) is 18.5 Å². The molecule has 0 aromatic carbocycles. The van der Waals surface area contributed by atoms with E-state index in [0.29, 0.717) is 0 Å². The van der Waals surface area contributed by atoms with Crippen LogP contribution in [0, 0.1) is 0 Å². The van der Waals surface area contributed by atoms with Gasteiger partial charge >= 0.3 is 6.53 Å². The lowest BCUT2D eigenvalue weighted by atomic mass is 10.2. The van der Waals surface area contributed by atoms with Gasteiger partial charge in [0.15, 0.2) is 0 Å². The lowest BCUT2D eigenvalue weighted by Gasteiger charge is -2.20. The quantitative estimate of drug-likeness (QED) is 0.461. The van der Waals surface area contributed by atoms with Crippen molar-refractivity contribution in [3.05, 3.63) is 0 Å². The standard InChI is InChI=1S/C4H8BClO2/c1-4-2-3-7-5(6)8-4/h4H,2-3H2,1H3. The van der Waals surface area contributed by atoms with Crippen LogP contribution >= 0.6 is 11.5 Å². The van der Waals surface area contributed by atoms with E-state index in [4.69, 9.17) is 20.8 Å². The van der Waals surface area contributed by atoms with E-state index in [-0.39, 0.29) is 6.10 Å². The second-order valence-corrected chi connectivity index (χ2v) is 2.24. The van der Waals surface area contributed by atoms with E-state index in [0.717, 1.165) is 13.0 Å². The number of hydrogen-bond donors (Lipinski definition) is 0. The summed E-state index contributed by atoms with van der Waals surface area (Å²) in [7, 11) is 0. The normalized spacial score (nSPS) is 30.8. The van der Waals surface area contributed by atoms with Crippen LogP contribution in [-0.2, 0) is 9.31 Å². The van der Waals surface area contributed by atoms with Crippen molar-refractivity contribution in [1.29, 1.82) is 0 Å². The minimum absolute atomic E-state index is 0.256. The van der Waals surface area contributed by atoms with Crippen molar-refractivity contribution in [3.8, 4) is 0 Å². The molecule has 0 N–H and O–H groups in total. The Morgan fingerprint density at radius 3 is 2.88 bits per heavy atom. The van der Waals surface area contributed by atoms with E-state index >= 15 is 0 Å². The smallest absolute Gasteiger partial charge is 0.398 e. The monoisotopic (exact) mass is 134 g/mol. The molecule has 1 aliphatic heterocycles. The first-order chi connectivity index (χ1) is 3.79. The molecule has 0 amide bonds. The summed E-state index contributed by atoms with van der Waals surface area (Å²) in [5, 5.41) is 0. The molecule has 0 aromatic rings. The van der Waals surface area contributed by atoms with Crippen LogP contribution in [-0.4, -0.2) is 19.2 Å². The summed E-state index contributed by atoms with van der Waals surface area (Å²) in [6.45, 7) is 2.19. The summed E-state index contributed by atoms with van der Waals surface area (Å²) in [5.41, 5.74) is 0. The van der Waals surface area contributed by atoms with Gasteiger partial charge in [-0.2, -0.15) is 0 Å². The molecular formula is C4H8BClO2. The molecule has 0 saturated carbocycles. The lowest BCUT2D eigenvalue weighted by Crippen LogP contribution is -2.30. The number of hydrogen-bond acceptors (Lipinski definition) is 2. The molecule has 0 radical (unpaired) electrons. The lowest BCUT2D eigenvalue weighted by molar-refractivity contribution is 0.0906. The van der Waals surface area contributed by atoms with Crippen molar-refractivity contribution >= 4 is 18.0 Å². The van der Waals surface area contributed by atoms with E-state index in [9.17, 15) is 0 Å². The Hall–Kier alpha value is 0.275. The zero-order valence-corrected chi connectivity index (χ0v) is 5.52. The number of rotatable bonds is 0. The van der Waals surface area contributed by atoms with Gasteiger partial charge in [-0.05, 0) is 13.3 Å². The van der Waals surface area contributed by atoms with E-state index < -0.39 is 6.53 Å². The molecule has 4 heteroatoms. The van der Waals surface area contributed by atoms with Crippen molar-refractivity contribution in [1.82, 2.24) is 0 Å². The van der Waals surface area contributed by atoms with Gasteiger partial charge in [0.1, 0.15) is 0 Å². The van der Waals surface area contributed by atoms with Crippen molar-refractivity contribution < 1.29 is 9.31 Å². The third-order valence-electron chi connectivity index (χ3n) is 1.11.